The summed E-state index contributed by atoms with van der Waals surface area (Å²) in [5.41, 5.74) is 1.54. The molecule has 1 aromatic rings. The Morgan fingerprint density at radius 3 is 2.59 bits per heavy atom. The summed E-state index contributed by atoms with van der Waals surface area (Å²) in [6.45, 7) is 5.75. The van der Waals surface area contributed by atoms with Crippen LogP contribution in [0.2, 0.25) is 5.02 Å². The maximum Gasteiger partial charge on any atom is 0.251 e. The molecule has 0 spiro atoms. The predicted molar refractivity (Wildman–Crippen MR) is 73.0 cm³/mol. The Morgan fingerprint density at radius 1 is 1.41 bits per heavy atom. The van der Waals surface area contributed by atoms with Crippen molar-refractivity contribution in [3.8, 4) is 0 Å². The molecule has 1 aromatic carbocycles. The molecule has 2 unspecified atom stereocenters. The third-order valence-corrected chi connectivity index (χ3v) is 3.08. The summed E-state index contributed by atoms with van der Waals surface area (Å²) in [5, 5.41) is 3.55. The number of aryl methyl sites for hydroxylation is 1. The van der Waals surface area contributed by atoms with Gasteiger partial charge in [0.1, 0.15) is 0 Å². The van der Waals surface area contributed by atoms with Gasteiger partial charge in [0, 0.05) is 22.0 Å². The molecule has 1 amide bonds. The van der Waals surface area contributed by atoms with Crippen LogP contribution in [-0.4, -0.2) is 17.3 Å². The highest BCUT2D eigenvalue weighted by Crippen LogP contribution is 2.16. The first-order valence-electron chi connectivity index (χ1n) is 5.61. The quantitative estimate of drug-likeness (QED) is 0.832. The normalized spacial score (nSPS) is 14.2. The van der Waals surface area contributed by atoms with E-state index in [0.717, 1.165) is 12.0 Å². The van der Waals surface area contributed by atoms with Crippen molar-refractivity contribution in [1.82, 2.24) is 5.32 Å². The second kappa shape index (κ2) is 6.27. The first-order chi connectivity index (χ1) is 7.90. The number of amides is 1. The Balaban J connectivity index is 2.66. The number of benzene rings is 1. The van der Waals surface area contributed by atoms with Crippen molar-refractivity contribution in [2.75, 3.05) is 0 Å². The summed E-state index contributed by atoms with van der Waals surface area (Å²) in [7, 11) is 0. The van der Waals surface area contributed by atoms with Gasteiger partial charge in [0.15, 0.2) is 0 Å². The van der Waals surface area contributed by atoms with Crippen molar-refractivity contribution >= 4 is 29.1 Å². The fourth-order valence-electron chi connectivity index (χ4n) is 1.59. The zero-order valence-electron chi connectivity index (χ0n) is 10.3. The van der Waals surface area contributed by atoms with Crippen LogP contribution in [-0.2, 0) is 0 Å². The number of halogens is 2. The SMILES string of the molecule is Cc1ccc(C(=O)NC(C)CC(C)Cl)cc1Cl. The first-order valence-corrected chi connectivity index (χ1v) is 6.42. The standard InChI is InChI=1S/C13H17Cl2NO/c1-8-4-5-11(7-12(8)15)13(17)16-10(3)6-9(2)14/h4-5,7,9-10H,6H2,1-3H3,(H,16,17). The summed E-state index contributed by atoms with van der Waals surface area (Å²) in [6.07, 6.45) is 0.743. The van der Waals surface area contributed by atoms with Crippen molar-refractivity contribution in [3.63, 3.8) is 0 Å². The van der Waals surface area contributed by atoms with E-state index in [9.17, 15) is 4.79 Å². The molecule has 0 aliphatic carbocycles. The molecular weight excluding hydrogens is 257 g/mol. The molecule has 0 saturated heterocycles. The highest BCUT2D eigenvalue weighted by atomic mass is 35.5. The lowest BCUT2D eigenvalue weighted by Gasteiger charge is -2.15. The average molecular weight is 274 g/mol. The maximum absolute atomic E-state index is 11.9. The summed E-state index contributed by atoms with van der Waals surface area (Å²) in [5.74, 6) is -0.114. The summed E-state index contributed by atoms with van der Waals surface area (Å²) < 4.78 is 0. The fourth-order valence-corrected chi connectivity index (χ4v) is 2.04. The van der Waals surface area contributed by atoms with E-state index >= 15 is 0 Å². The second-order valence-electron chi connectivity index (χ2n) is 4.35. The van der Waals surface area contributed by atoms with Crippen LogP contribution >= 0.6 is 23.2 Å². The molecule has 0 saturated carbocycles. The molecule has 2 nitrogen and oxygen atoms in total. The molecule has 17 heavy (non-hydrogen) atoms. The number of nitrogens with one attached hydrogen (secondary N) is 1. The van der Waals surface area contributed by atoms with Gasteiger partial charge >= 0.3 is 0 Å². The average Bonchev–Trinajstić information content (AvgIpc) is 2.20. The molecule has 2 atom stereocenters. The van der Waals surface area contributed by atoms with E-state index in [1.54, 1.807) is 12.1 Å². The van der Waals surface area contributed by atoms with Gasteiger partial charge in [-0.3, -0.25) is 4.79 Å². The minimum absolute atomic E-state index is 0.0481. The minimum atomic E-state index is -0.114. The smallest absolute Gasteiger partial charge is 0.251 e. The number of hydrogen-bond acceptors (Lipinski definition) is 1. The zero-order chi connectivity index (χ0) is 13.0. The van der Waals surface area contributed by atoms with Crippen LogP contribution < -0.4 is 5.32 Å². The van der Waals surface area contributed by atoms with Gasteiger partial charge in [-0.05, 0) is 44.9 Å². The van der Waals surface area contributed by atoms with Crippen molar-refractivity contribution in [1.29, 1.82) is 0 Å². The number of hydrogen-bond donors (Lipinski definition) is 1. The molecule has 4 heteroatoms. The Labute approximate surface area is 112 Å². The van der Waals surface area contributed by atoms with Gasteiger partial charge in [-0.25, -0.2) is 0 Å². The van der Waals surface area contributed by atoms with Gasteiger partial charge in [0.05, 0.1) is 0 Å². The summed E-state index contributed by atoms with van der Waals surface area (Å²) >= 11 is 11.9. The zero-order valence-corrected chi connectivity index (χ0v) is 11.8. The first kappa shape index (κ1) is 14.3. The molecule has 0 aromatic heterocycles. The van der Waals surface area contributed by atoms with E-state index in [0.29, 0.717) is 10.6 Å². The number of rotatable bonds is 4. The van der Waals surface area contributed by atoms with E-state index in [-0.39, 0.29) is 17.3 Å². The van der Waals surface area contributed by atoms with Gasteiger partial charge < -0.3 is 5.32 Å². The van der Waals surface area contributed by atoms with Crippen LogP contribution in [0, 0.1) is 6.92 Å². The summed E-state index contributed by atoms with van der Waals surface area (Å²) in [6, 6.07) is 5.35. The van der Waals surface area contributed by atoms with Crippen molar-refractivity contribution in [2.45, 2.75) is 38.6 Å². The van der Waals surface area contributed by atoms with Crippen LogP contribution in [0.4, 0.5) is 0 Å². The van der Waals surface area contributed by atoms with Gasteiger partial charge in [-0.1, -0.05) is 17.7 Å². The lowest BCUT2D eigenvalue weighted by atomic mass is 10.1. The second-order valence-corrected chi connectivity index (χ2v) is 5.51. The van der Waals surface area contributed by atoms with E-state index in [1.165, 1.54) is 0 Å². The molecule has 0 heterocycles. The lowest BCUT2D eigenvalue weighted by Crippen LogP contribution is -2.33. The van der Waals surface area contributed by atoms with Gasteiger partial charge in [0.2, 0.25) is 0 Å². The van der Waals surface area contributed by atoms with E-state index in [2.05, 4.69) is 5.32 Å². The van der Waals surface area contributed by atoms with E-state index in [4.69, 9.17) is 23.2 Å². The van der Waals surface area contributed by atoms with Gasteiger partial charge in [-0.15, -0.1) is 11.6 Å². The van der Waals surface area contributed by atoms with Gasteiger partial charge in [0.25, 0.3) is 5.91 Å². The highest BCUT2D eigenvalue weighted by molar-refractivity contribution is 6.31. The van der Waals surface area contributed by atoms with Crippen molar-refractivity contribution < 1.29 is 4.79 Å². The third kappa shape index (κ3) is 4.57. The van der Waals surface area contributed by atoms with Crippen LogP contribution in [0.5, 0.6) is 0 Å². The van der Waals surface area contributed by atoms with Crippen molar-refractivity contribution in [3.05, 3.63) is 34.3 Å². The minimum Gasteiger partial charge on any atom is -0.350 e. The van der Waals surface area contributed by atoms with E-state index < -0.39 is 0 Å². The molecule has 0 radical (unpaired) electrons. The highest BCUT2D eigenvalue weighted by Gasteiger charge is 2.12. The molecule has 0 fully saturated rings. The maximum atomic E-state index is 11.9. The fraction of sp³-hybridized carbons (Fsp3) is 0.462. The van der Waals surface area contributed by atoms with E-state index in [1.807, 2.05) is 26.8 Å². The Morgan fingerprint density at radius 2 is 2.06 bits per heavy atom. The third-order valence-electron chi connectivity index (χ3n) is 2.49. The Kier molecular flexibility index (Phi) is 5.29. The molecular formula is C13H17Cl2NO. The predicted octanol–water partition coefficient (Wildman–Crippen LogP) is 3.78. The molecule has 1 rings (SSSR count). The number of alkyl halides is 1. The molecule has 0 aliphatic rings. The van der Waals surface area contributed by atoms with Crippen molar-refractivity contribution in [2.24, 2.45) is 0 Å². The topological polar surface area (TPSA) is 29.1 Å². The molecule has 1 N–H and O–H groups in total. The summed E-state index contributed by atoms with van der Waals surface area (Å²) in [4.78, 5) is 11.9. The van der Waals surface area contributed by atoms with Crippen LogP contribution in [0.15, 0.2) is 18.2 Å². The van der Waals surface area contributed by atoms with Crippen LogP contribution in [0.25, 0.3) is 0 Å². The molecule has 94 valence electrons. The monoisotopic (exact) mass is 273 g/mol. The van der Waals surface area contributed by atoms with Crippen LogP contribution in [0.1, 0.15) is 36.2 Å². The number of carbonyl (C=O) groups excluding carboxylic acids is 1. The van der Waals surface area contributed by atoms with Crippen LogP contribution in [0.3, 0.4) is 0 Å². The van der Waals surface area contributed by atoms with Gasteiger partial charge in [-0.2, -0.15) is 0 Å². The largest absolute Gasteiger partial charge is 0.350 e. The molecule has 0 bridgehead atoms. The Hall–Kier alpha value is -0.730. The number of carbonyl (C=O) groups is 1. The Bertz CT molecular complexity index is 404. The molecule has 0 aliphatic heterocycles. The lowest BCUT2D eigenvalue weighted by molar-refractivity contribution is 0.0938.